The Labute approximate surface area is 262 Å². The van der Waals surface area contributed by atoms with Gasteiger partial charge in [-0.3, -0.25) is 9.59 Å². The van der Waals surface area contributed by atoms with Crippen molar-refractivity contribution in [2.75, 3.05) is 13.2 Å². The van der Waals surface area contributed by atoms with Crippen LogP contribution < -0.4 is 9.47 Å². The molecule has 18 heteroatoms. The van der Waals surface area contributed by atoms with E-state index in [-0.39, 0.29) is 17.7 Å². The monoisotopic (exact) mass is 672 g/mol. The molecule has 43 heavy (non-hydrogen) atoms. The maximum absolute atomic E-state index is 12.1. The Morgan fingerprint density at radius 3 is 2.26 bits per heavy atom. The minimum Gasteiger partial charge on any atom is -0.460 e. The molecule has 3 rings (SSSR count). The number of carbonyl (C=O) groups excluding carboxylic acids is 3. The summed E-state index contributed by atoms with van der Waals surface area (Å²) in [5.74, 6) is 1.85. The number of carbonyl (C=O) groups is 3. The van der Waals surface area contributed by atoms with Gasteiger partial charge < -0.3 is 23.9 Å². The summed E-state index contributed by atoms with van der Waals surface area (Å²) in [5.41, 5.74) is 0.998. The van der Waals surface area contributed by atoms with Gasteiger partial charge in [-0.1, -0.05) is 64.2 Å². The van der Waals surface area contributed by atoms with Crippen molar-refractivity contribution in [2.24, 2.45) is 0 Å². The third-order valence-corrected chi connectivity index (χ3v) is 7.48. The van der Waals surface area contributed by atoms with Crippen LogP contribution in [0.15, 0.2) is 54.6 Å². The molecule has 0 aliphatic rings. The Kier molecular flexibility index (Phi) is 17.5. The van der Waals surface area contributed by atoms with Gasteiger partial charge in [0.1, 0.15) is 34.1 Å². The van der Waals surface area contributed by atoms with E-state index < -0.39 is 41.4 Å². The molecule has 3 aromatic rings. The molecule has 1 atom stereocenters. The zero-order valence-electron chi connectivity index (χ0n) is 22.3. The summed E-state index contributed by atoms with van der Waals surface area (Å²) >= 11 is 8.89. The number of hydrogen-bond acceptors (Lipinski definition) is 16. The first kappa shape index (κ1) is 36.6. The van der Waals surface area contributed by atoms with Gasteiger partial charge in [-0.15, -0.1) is 20.2 Å². The molecule has 0 fully saturated rings. The Bertz CT molecular complexity index is 1410. The lowest BCUT2D eigenvalue weighted by Gasteiger charge is -2.14. The van der Waals surface area contributed by atoms with Gasteiger partial charge >= 0.3 is 11.9 Å². The largest absolute Gasteiger partial charge is 0.460 e. The molecular formula is C25H24N2O12S4. The van der Waals surface area contributed by atoms with Crippen LogP contribution in [0, 0.1) is 24.1 Å². The fourth-order valence-electron chi connectivity index (χ4n) is 2.85. The van der Waals surface area contributed by atoms with Crippen molar-refractivity contribution >= 4 is 69.4 Å². The third-order valence-electron chi connectivity index (χ3n) is 4.57. The lowest BCUT2D eigenvalue weighted by atomic mass is 10.2. The van der Waals surface area contributed by atoms with E-state index in [2.05, 4.69) is 27.8 Å². The van der Waals surface area contributed by atoms with Crippen molar-refractivity contribution in [3.63, 3.8) is 0 Å². The van der Waals surface area contributed by atoms with Gasteiger partial charge in [0, 0.05) is 11.3 Å². The number of benzene rings is 2. The number of esters is 2. The first-order valence-corrected chi connectivity index (χ1v) is 14.9. The van der Waals surface area contributed by atoms with Gasteiger partial charge in [0.25, 0.3) is 16.6 Å². The Morgan fingerprint density at radius 2 is 1.70 bits per heavy atom. The Hall–Kier alpha value is -4.39. The molecule has 0 bridgehead atoms. The zero-order chi connectivity index (χ0) is 32.2. The smallest absolute Gasteiger partial charge is 0.342 e. The normalized spacial score (nSPS) is 10.3. The van der Waals surface area contributed by atoms with Crippen LogP contribution in [0.3, 0.4) is 0 Å². The average molecular weight is 673 g/mol. The van der Waals surface area contributed by atoms with Crippen LogP contribution in [-0.4, -0.2) is 53.8 Å². The number of hydrogen-bond donors (Lipinski definition) is 0. The molecule has 1 heterocycles. The molecule has 0 radical (unpaired) electrons. The van der Waals surface area contributed by atoms with E-state index in [1.165, 1.54) is 24.3 Å². The molecule has 0 spiro atoms. The van der Waals surface area contributed by atoms with Crippen molar-refractivity contribution in [3.05, 3.63) is 84.2 Å². The van der Waals surface area contributed by atoms with E-state index in [9.17, 15) is 34.6 Å². The van der Waals surface area contributed by atoms with Crippen LogP contribution >= 0.6 is 45.1 Å². The summed E-state index contributed by atoms with van der Waals surface area (Å²) in [7, 11) is 3.23. The van der Waals surface area contributed by atoms with E-state index in [0.717, 1.165) is 14.3 Å². The fourth-order valence-corrected chi connectivity index (χ4v) is 5.25. The molecule has 0 saturated carbocycles. The first-order chi connectivity index (χ1) is 20.6. The highest BCUT2D eigenvalue weighted by Crippen LogP contribution is 2.30. The maximum Gasteiger partial charge on any atom is 0.342 e. The summed E-state index contributed by atoms with van der Waals surface area (Å²) in [6, 6.07) is 15.1. The number of rotatable bonds is 14. The molecule has 0 saturated heterocycles. The van der Waals surface area contributed by atoms with Crippen LogP contribution in [0.5, 0.6) is 11.5 Å². The molecule has 0 aliphatic heterocycles. The second kappa shape index (κ2) is 20.5. The fraction of sp³-hybridized carbons (Fsp3) is 0.240. The van der Waals surface area contributed by atoms with Crippen molar-refractivity contribution in [1.29, 1.82) is 0 Å². The second-order valence-electron chi connectivity index (χ2n) is 7.52. The van der Waals surface area contributed by atoms with Crippen molar-refractivity contribution in [2.45, 2.75) is 25.9 Å². The van der Waals surface area contributed by atoms with Crippen molar-refractivity contribution in [3.8, 4) is 21.9 Å². The van der Waals surface area contributed by atoms with E-state index in [4.69, 9.17) is 26.4 Å². The van der Waals surface area contributed by atoms with Gasteiger partial charge in [-0.05, 0) is 60.3 Å². The predicted molar refractivity (Wildman–Crippen MR) is 162 cm³/mol. The molecule has 230 valence electrons. The van der Waals surface area contributed by atoms with Crippen molar-refractivity contribution in [1.82, 2.24) is 0 Å². The first-order valence-electron chi connectivity index (χ1n) is 11.8. The lowest BCUT2D eigenvalue weighted by Crippen LogP contribution is -2.30. The van der Waals surface area contributed by atoms with E-state index in [0.29, 0.717) is 18.6 Å². The number of ether oxygens (including phenoxy) is 3. The van der Waals surface area contributed by atoms with Crippen LogP contribution in [0.1, 0.15) is 30.1 Å². The molecular weight excluding hydrogens is 649 g/mol. The van der Waals surface area contributed by atoms with Gasteiger partial charge in [0.2, 0.25) is 0 Å². The molecule has 14 nitrogen and oxygen atoms in total. The van der Waals surface area contributed by atoms with E-state index in [1.807, 2.05) is 18.2 Å². The minimum atomic E-state index is -1.51. The molecule has 2 aromatic carbocycles. The van der Waals surface area contributed by atoms with E-state index >= 15 is 0 Å². The molecule has 1 unspecified atom stereocenters. The van der Waals surface area contributed by atoms with Crippen LogP contribution in [0.2, 0.25) is 0 Å². The van der Waals surface area contributed by atoms with Crippen LogP contribution in [0.4, 0.5) is 0 Å². The van der Waals surface area contributed by atoms with E-state index in [1.54, 1.807) is 39.7 Å². The number of thiocarbonyl (C=S) groups is 1. The Morgan fingerprint density at radius 1 is 1.02 bits per heavy atom. The quantitative estimate of drug-likeness (QED) is 0.0387. The van der Waals surface area contributed by atoms with Crippen LogP contribution in [0.25, 0.3) is 10.4 Å². The summed E-state index contributed by atoms with van der Waals surface area (Å²) < 4.78 is 15.5. The van der Waals surface area contributed by atoms with Gasteiger partial charge in [0.05, 0.1) is 0 Å². The highest BCUT2D eigenvalue weighted by Gasteiger charge is 2.21. The van der Waals surface area contributed by atoms with Gasteiger partial charge in [-0.25, -0.2) is 4.79 Å². The highest BCUT2D eigenvalue weighted by molar-refractivity contribution is 7.80. The molecule has 0 aliphatic carbocycles. The molecule has 1 aromatic heterocycles. The number of nitrogens with zero attached hydrogens (tertiary/aromatic N) is 2. The minimum absolute atomic E-state index is 0.0377. The summed E-state index contributed by atoms with van der Waals surface area (Å²) in [4.78, 5) is 63.6. The maximum atomic E-state index is 12.1. The van der Waals surface area contributed by atoms with Crippen molar-refractivity contribution < 1.29 is 48.4 Å². The zero-order valence-corrected chi connectivity index (χ0v) is 25.6. The van der Waals surface area contributed by atoms with Gasteiger partial charge in [0.15, 0.2) is 6.10 Å². The van der Waals surface area contributed by atoms with Gasteiger partial charge in [-0.2, -0.15) is 0 Å². The second-order valence-corrected chi connectivity index (χ2v) is 10.4. The van der Waals surface area contributed by atoms with Crippen LogP contribution in [-0.2, 0) is 24.0 Å². The SMILES string of the molecule is C=S.CCCC(=O)Oc1ccccc1C(=O)OCC(CO[N+](=O)[O-])O[N+](=O)[O-].O=COc1ccc(-c2cc(=S)ss2)cc1. The number of para-hydroxylation sites is 1. The highest BCUT2D eigenvalue weighted by atomic mass is 32.9. The topological polar surface area (TPSA) is 184 Å². The average Bonchev–Trinajstić information content (AvgIpc) is 3.42. The Balaban J connectivity index is 0.000000457. The standard InChI is InChI=1S/C14H16N2O10.C10H6O2S3.CH2S/c1-2-5-13(17)25-12-7-4-3-6-11(12)14(18)23-8-10(26-16(21)22)9-24-15(19)20;11-6-12-8-3-1-7(2-4-8)9-5-10(13)15-14-9;1-2/h3-4,6-7,10H,2,5,8-9H2,1H3;1-6H;1H2. The third kappa shape index (κ3) is 14.4. The summed E-state index contributed by atoms with van der Waals surface area (Å²) in [6.45, 7) is 0.701. The molecule has 0 amide bonds. The lowest BCUT2D eigenvalue weighted by molar-refractivity contribution is -0.790. The summed E-state index contributed by atoms with van der Waals surface area (Å²) in [6.07, 6.45) is -0.795. The molecule has 0 N–H and O–H groups in total. The predicted octanol–water partition coefficient (Wildman–Crippen LogP) is 5.69. The summed E-state index contributed by atoms with van der Waals surface area (Å²) in [5, 5.41) is 18.2.